The summed E-state index contributed by atoms with van der Waals surface area (Å²) in [6.45, 7) is 0. The third-order valence-corrected chi connectivity index (χ3v) is 2.72. The third kappa shape index (κ3) is 2.44. The van der Waals surface area contributed by atoms with E-state index in [9.17, 15) is 13.2 Å². The van der Waals surface area contributed by atoms with E-state index in [1.165, 1.54) is 19.3 Å². The lowest BCUT2D eigenvalue weighted by Gasteiger charge is -2.03. The molecule has 0 aliphatic rings. The summed E-state index contributed by atoms with van der Waals surface area (Å²) in [7, 11) is 1.39. The third-order valence-electron chi connectivity index (χ3n) is 2.22. The van der Waals surface area contributed by atoms with Crippen molar-refractivity contribution in [2.24, 2.45) is 7.05 Å². The molecule has 18 heavy (non-hydrogen) atoms. The van der Waals surface area contributed by atoms with E-state index < -0.39 is 11.9 Å². The molecule has 0 saturated carbocycles. The van der Waals surface area contributed by atoms with Crippen LogP contribution in [0.5, 0.6) is 0 Å². The second kappa shape index (κ2) is 4.44. The fourth-order valence-electron chi connectivity index (χ4n) is 1.43. The summed E-state index contributed by atoms with van der Waals surface area (Å²) in [5, 5.41) is 3.86. The number of hydrogen-bond donors (Lipinski definition) is 0. The molecule has 2 aromatic heterocycles. The highest BCUT2D eigenvalue weighted by Gasteiger charge is 2.35. The maximum Gasteiger partial charge on any atom is 0.435 e. The molecule has 0 atom stereocenters. The molecular weight excluding hydrogens is 290 g/mol. The van der Waals surface area contributed by atoms with Gasteiger partial charge in [-0.1, -0.05) is 23.2 Å². The van der Waals surface area contributed by atoms with Crippen molar-refractivity contribution in [3.05, 3.63) is 34.1 Å². The van der Waals surface area contributed by atoms with Gasteiger partial charge in [0.1, 0.15) is 5.69 Å². The normalized spacial score (nSPS) is 11.9. The molecule has 0 spiro atoms. The second-order valence-corrected chi connectivity index (χ2v) is 4.36. The highest BCUT2D eigenvalue weighted by Crippen LogP contribution is 2.33. The zero-order chi connectivity index (χ0) is 13.5. The van der Waals surface area contributed by atoms with Gasteiger partial charge in [0.05, 0.1) is 15.7 Å². The number of nitrogens with zero attached hydrogens (tertiary/aromatic N) is 3. The Kier molecular flexibility index (Phi) is 3.25. The van der Waals surface area contributed by atoms with Crippen LogP contribution in [0.4, 0.5) is 13.2 Å². The summed E-state index contributed by atoms with van der Waals surface area (Å²) in [6.07, 6.45) is -3.20. The van der Waals surface area contributed by atoms with Crippen molar-refractivity contribution >= 4 is 23.2 Å². The Morgan fingerprint density at radius 3 is 2.39 bits per heavy atom. The van der Waals surface area contributed by atoms with E-state index in [1.54, 1.807) is 0 Å². The lowest BCUT2D eigenvalue weighted by Crippen LogP contribution is -2.06. The molecule has 96 valence electrons. The quantitative estimate of drug-likeness (QED) is 0.801. The molecular formula is C10H6Cl2F3N3. The van der Waals surface area contributed by atoms with Crippen LogP contribution in [0.1, 0.15) is 5.69 Å². The van der Waals surface area contributed by atoms with Crippen LogP contribution in [0.3, 0.4) is 0 Å². The minimum Gasteiger partial charge on any atom is -0.266 e. The van der Waals surface area contributed by atoms with Crippen LogP contribution in [0, 0.1) is 0 Å². The number of hydrogen-bond acceptors (Lipinski definition) is 2. The van der Waals surface area contributed by atoms with Gasteiger partial charge in [0.15, 0.2) is 5.69 Å². The van der Waals surface area contributed by atoms with E-state index in [1.807, 2.05) is 0 Å². The fraction of sp³-hybridized carbons (Fsp3) is 0.200. The van der Waals surface area contributed by atoms with E-state index in [-0.39, 0.29) is 16.4 Å². The molecule has 8 heteroatoms. The summed E-state index contributed by atoms with van der Waals surface area (Å²) in [5.41, 5.74) is -0.622. The topological polar surface area (TPSA) is 30.7 Å². The van der Waals surface area contributed by atoms with Crippen molar-refractivity contribution in [3.8, 4) is 11.4 Å². The minimum atomic E-state index is -4.51. The number of aromatic nitrogens is 3. The zero-order valence-electron chi connectivity index (χ0n) is 8.96. The molecule has 0 aliphatic heterocycles. The summed E-state index contributed by atoms with van der Waals surface area (Å²) in [4.78, 5) is 3.91. The van der Waals surface area contributed by atoms with Gasteiger partial charge in [0.2, 0.25) is 0 Å². The Labute approximate surface area is 110 Å². The van der Waals surface area contributed by atoms with Crippen LogP contribution in [-0.2, 0) is 13.2 Å². The van der Waals surface area contributed by atoms with Gasteiger partial charge in [0.25, 0.3) is 0 Å². The first kappa shape index (κ1) is 13.2. The van der Waals surface area contributed by atoms with Crippen molar-refractivity contribution in [1.82, 2.24) is 14.8 Å². The number of alkyl halides is 3. The van der Waals surface area contributed by atoms with Crippen LogP contribution >= 0.6 is 23.2 Å². The number of halogens is 5. The lowest BCUT2D eigenvalue weighted by molar-refractivity contribution is -0.141. The number of rotatable bonds is 1. The van der Waals surface area contributed by atoms with Crippen molar-refractivity contribution in [1.29, 1.82) is 0 Å². The molecule has 0 amide bonds. The Morgan fingerprint density at radius 1 is 1.22 bits per heavy atom. The number of aryl methyl sites for hydroxylation is 1. The highest BCUT2D eigenvalue weighted by molar-refractivity contribution is 6.35. The van der Waals surface area contributed by atoms with Crippen molar-refractivity contribution < 1.29 is 13.2 Å². The van der Waals surface area contributed by atoms with E-state index in [0.717, 1.165) is 10.7 Å². The van der Waals surface area contributed by atoms with Gasteiger partial charge < -0.3 is 0 Å². The Bertz CT molecular complexity index is 593. The molecule has 0 N–H and O–H groups in total. The summed E-state index contributed by atoms with van der Waals surface area (Å²) >= 11 is 11.6. The van der Waals surface area contributed by atoms with Crippen molar-refractivity contribution in [3.63, 3.8) is 0 Å². The van der Waals surface area contributed by atoms with E-state index >= 15 is 0 Å². The Balaban J connectivity index is 2.55. The highest BCUT2D eigenvalue weighted by atomic mass is 35.5. The van der Waals surface area contributed by atoms with Gasteiger partial charge in [-0.15, -0.1) is 0 Å². The average molecular weight is 296 g/mol. The Morgan fingerprint density at radius 2 is 1.89 bits per heavy atom. The van der Waals surface area contributed by atoms with Crippen molar-refractivity contribution in [2.75, 3.05) is 0 Å². The first-order valence-corrected chi connectivity index (χ1v) is 5.47. The minimum absolute atomic E-state index is 0.166. The van der Waals surface area contributed by atoms with Gasteiger partial charge in [-0.2, -0.15) is 18.3 Å². The average Bonchev–Trinajstić information content (AvgIpc) is 2.60. The Hall–Kier alpha value is -1.27. The van der Waals surface area contributed by atoms with Crippen molar-refractivity contribution in [2.45, 2.75) is 6.18 Å². The predicted molar refractivity (Wildman–Crippen MR) is 61.5 cm³/mol. The second-order valence-electron chi connectivity index (χ2n) is 3.52. The van der Waals surface area contributed by atoms with E-state index in [2.05, 4.69) is 10.1 Å². The van der Waals surface area contributed by atoms with Crippen LogP contribution in [0.15, 0.2) is 18.3 Å². The molecule has 0 fully saturated rings. The molecule has 2 heterocycles. The predicted octanol–water partition coefficient (Wildman–Crippen LogP) is 3.81. The monoisotopic (exact) mass is 295 g/mol. The molecule has 0 bridgehead atoms. The maximum atomic E-state index is 12.5. The van der Waals surface area contributed by atoms with Gasteiger partial charge >= 0.3 is 6.18 Å². The van der Waals surface area contributed by atoms with Gasteiger partial charge in [-0.25, -0.2) is 0 Å². The SMILES string of the molecule is Cn1nc(C(F)(F)F)cc1-c1ncc(Cl)cc1Cl. The van der Waals surface area contributed by atoms with Crippen LogP contribution < -0.4 is 0 Å². The van der Waals surface area contributed by atoms with Crippen LogP contribution in [0.25, 0.3) is 11.4 Å². The molecule has 0 radical (unpaired) electrons. The van der Waals surface area contributed by atoms with Crippen LogP contribution in [0.2, 0.25) is 10.0 Å². The molecule has 3 nitrogen and oxygen atoms in total. The molecule has 2 rings (SSSR count). The standard InChI is InChI=1S/C10H6Cl2F3N3/c1-18-7(3-8(17-18)10(13,14)15)9-6(12)2-5(11)4-16-9/h2-4H,1H3. The summed E-state index contributed by atoms with van der Waals surface area (Å²) in [5.74, 6) is 0. The van der Waals surface area contributed by atoms with Gasteiger partial charge in [0, 0.05) is 13.2 Å². The summed E-state index contributed by atoms with van der Waals surface area (Å²) in [6, 6.07) is 2.30. The van der Waals surface area contributed by atoms with Gasteiger partial charge in [-0.3, -0.25) is 9.67 Å². The first-order chi connectivity index (χ1) is 8.29. The molecule has 2 aromatic rings. The zero-order valence-corrected chi connectivity index (χ0v) is 10.5. The lowest BCUT2D eigenvalue weighted by atomic mass is 10.2. The van der Waals surface area contributed by atoms with E-state index in [4.69, 9.17) is 23.2 Å². The molecule has 0 saturated heterocycles. The number of pyridine rings is 1. The first-order valence-electron chi connectivity index (χ1n) is 4.71. The largest absolute Gasteiger partial charge is 0.435 e. The fourth-order valence-corrected chi connectivity index (χ4v) is 1.91. The molecule has 0 aliphatic carbocycles. The van der Waals surface area contributed by atoms with Gasteiger partial charge in [-0.05, 0) is 12.1 Å². The van der Waals surface area contributed by atoms with Crippen LogP contribution in [-0.4, -0.2) is 14.8 Å². The molecule has 0 unspecified atom stereocenters. The smallest absolute Gasteiger partial charge is 0.266 e. The molecule has 0 aromatic carbocycles. The summed E-state index contributed by atoms with van der Waals surface area (Å²) < 4.78 is 38.6. The van der Waals surface area contributed by atoms with E-state index in [0.29, 0.717) is 5.02 Å². The maximum absolute atomic E-state index is 12.5.